The number of carbonyl (C=O) groups is 1. The Kier molecular flexibility index (Phi) is 3.72. The van der Waals surface area contributed by atoms with Gasteiger partial charge in [0.25, 0.3) is 0 Å². The van der Waals surface area contributed by atoms with Crippen LogP contribution >= 0.6 is 0 Å². The highest BCUT2D eigenvalue weighted by molar-refractivity contribution is 5.66. The second-order valence-electron chi connectivity index (χ2n) is 4.16. The minimum atomic E-state index is -0.861. The van der Waals surface area contributed by atoms with Crippen LogP contribution in [0.1, 0.15) is 29.3 Å². The van der Waals surface area contributed by atoms with Crippen LogP contribution in [0.4, 0.5) is 0 Å². The molecule has 0 bridgehead atoms. The maximum absolute atomic E-state index is 10.4. The van der Waals surface area contributed by atoms with Gasteiger partial charge >= 0.3 is 5.97 Å². The molecule has 2 rings (SSSR count). The number of aliphatic carboxylic acids is 1. The molecule has 5 heteroatoms. The summed E-state index contributed by atoms with van der Waals surface area (Å²) >= 11 is 0. The van der Waals surface area contributed by atoms with Crippen LogP contribution in [-0.4, -0.2) is 21.2 Å². The van der Waals surface area contributed by atoms with Crippen LogP contribution in [0.2, 0.25) is 0 Å². The fourth-order valence-electron chi connectivity index (χ4n) is 1.68. The van der Waals surface area contributed by atoms with Gasteiger partial charge in [-0.25, -0.2) is 0 Å². The normalized spacial score (nSPS) is 10.5. The Balaban J connectivity index is 2.00. The lowest BCUT2D eigenvalue weighted by atomic mass is 10.1. The van der Waals surface area contributed by atoms with E-state index in [4.69, 9.17) is 9.63 Å². The summed E-state index contributed by atoms with van der Waals surface area (Å²) in [5.41, 5.74) is 2.28. The van der Waals surface area contributed by atoms with Crippen molar-refractivity contribution in [3.8, 4) is 0 Å². The molecule has 0 aliphatic carbocycles. The fraction of sp³-hybridized carbons (Fsp3) is 0.308. The number of aromatic nitrogens is 2. The summed E-state index contributed by atoms with van der Waals surface area (Å²) in [4.78, 5) is 14.6. The van der Waals surface area contributed by atoms with E-state index in [0.717, 1.165) is 5.56 Å². The Morgan fingerprint density at radius 2 is 2.28 bits per heavy atom. The molecule has 0 amide bonds. The number of nitrogens with zero attached hydrogens (tertiary/aromatic N) is 2. The summed E-state index contributed by atoms with van der Waals surface area (Å²) in [6.07, 6.45) is 0.887. The van der Waals surface area contributed by atoms with Gasteiger partial charge in [0.1, 0.15) is 0 Å². The zero-order chi connectivity index (χ0) is 13.0. The van der Waals surface area contributed by atoms with Crippen LogP contribution in [0.5, 0.6) is 0 Å². The first-order chi connectivity index (χ1) is 8.63. The maximum atomic E-state index is 10.4. The van der Waals surface area contributed by atoms with Crippen molar-refractivity contribution in [2.24, 2.45) is 0 Å². The van der Waals surface area contributed by atoms with Crippen molar-refractivity contribution in [2.45, 2.75) is 26.2 Å². The Morgan fingerprint density at radius 3 is 3.00 bits per heavy atom. The lowest BCUT2D eigenvalue weighted by molar-refractivity contribution is -0.137. The third-order valence-corrected chi connectivity index (χ3v) is 2.51. The summed E-state index contributed by atoms with van der Waals surface area (Å²) in [7, 11) is 0. The molecule has 94 valence electrons. The van der Waals surface area contributed by atoms with Crippen LogP contribution in [0.3, 0.4) is 0 Å². The van der Waals surface area contributed by atoms with E-state index in [1.54, 1.807) is 0 Å². The molecule has 1 heterocycles. The van der Waals surface area contributed by atoms with E-state index in [-0.39, 0.29) is 6.42 Å². The monoisotopic (exact) mass is 246 g/mol. The summed E-state index contributed by atoms with van der Waals surface area (Å²) in [6, 6.07) is 8.05. The highest BCUT2D eigenvalue weighted by Crippen LogP contribution is 2.10. The molecular formula is C13H14N2O3. The molecule has 0 aliphatic rings. The van der Waals surface area contributed by atoms with Crippen molar-refractivity contribution in [1.82, 2.24) is 10.1 Å². The Morgan fingerprint density at radius 1 is 1.44 bits per heavy atom. The van der Waals surface area contributed by atoms with E-state index in [1.165, 1.54) is 5.56 Å². The molecule has 0 atom stereocenters. The molecule has 0 unspecified atom stereocenters. The summed E-state index contributed by atoms with van der Waals surface area (Å²) < 4.78 is 5.09. The van der Waals surface area contributed by atoms with Crippen LogP contribution in [-0.2, 0) is 17.6 Å². The number of hydrogen-bond acceptors (Lipinski definition) is 4. The summed E-state index contributed by atoms with van der Waals surface area (Å²) in [5, 5.41) is 12.3. The summed E-state index contributed by atoms with van der Waals surface area (Å²) in [5.74, 6) is 0.0982. The topological polar surface area (TPSA) is 76.2 Å². The van der Waals surface area contributed by atoms with Crippen LogP contribution in [0.15, 0.2) is 28.8 Å². The van der Waals surface area contributed by atoms with E-state index in [2.05, 4.69) is 16.2 Å². The van der Waals surface area contributed by atoms with Gasteiger partial charge in [0.05, 0.1) is 12.8 Å². The predicted octanol–water partition coefficient (Wildman–Crippen LogP) is 1.99. The van der Waals surface area contributed by atoms with Crippen molar-refractivity contribution in [3.05, 3.63) is 47.1 Å². The number of aryl methyl sites for hydroxylation is 2. The molecule has 0 fully saturated rings. The largest absolute Gasteiger partial charge is 0.481 e. The summed E-state index contributed by atoms with van der Waals surface area (Å²) in [6.45, 7) is 2.02. The van der Waals surface area contributed by atoms with Gasteiger partial charge in [0.15, 0.2) is 5.82 Å². The average molecular weight is 246 g/mol. The molecule has 0 radical (unpaired) electrons. The number of carboxylic acids is 1. The van der Waals surface area contributed by atoms with Crippen LogP contribution in [0.25, 0.3) is 0 Å². The number of hydrogen-bond donors (Lipinski definition) is 1. The van der Waals surface area contributed by atoms with Gasteiger partial charge in [-0.1, -0.05) is 35.0 Å². The Hall–Kier alpha value is -2.17. The zero-order valence-electron chi connectivity index (χ0n) is 10.1. The zero-order valence-corrected chi connectivity index (χ0v) is 10.1. The Bertz CT molecular complexity index is 549. The van der Waals surface area contributed by atoms with Crippen molar-refractivity contribution in [3.63, 3.8) is 0 Å². The van der Waals surface area contributed by atoms with Crippen molar-refractivity contribution in [2.75, 3.05) is 0 Å². The number of benzene rings is 1. The second-order valence-corrected chi connectivity index (χ2v) is 4.16. The minimum absolute atomic E-state index is 0.0173. The maximum Gasteiger partial charge on any atom is 0.303 e. The van der Waals surface area contributed by atoms with E-state index >= 15 is 0 Å². The number of rotatable bonds is 5. The molecule has 0 saturated heterocycles. The van der Waals surface area contributed by atoms with Gasteiger partial charge in [-0.15, -0.1) is 0 Å². The van der Waals surface area contributed by atoms with Gasteiger partial charge in [0.2, 0.25) is 5.89 Å². The fourth-order valence-corrected chi connectivity index (χ4v) is 1.68. The van der Waals surface area contributed by atoms with Gasteiger partial charge in [0, 0.05) is 6.42 Å². The van der Waals surface area contributed by atoms with E-state index in [9.17, 15) is 4.79 Å². The molecular weight excluding hydrogens is 232 g/mol. The van der Waals surface area contributed by atoms with Crippen LogP contribution in [0, 0.1) is 6.92 Å². The van der Waals surface area contributed by atoms with E-state index in [1.807, 2.05) is 25.1 Å². The lowest BCUT2D eigenvalue weighted by Gasteiger charge is -1.97. The molecule has 0 saturated carbocycles. The van der Waals surface area contributed by atoms with Gasteiger partial charge in [-0.2, -0.15) is 4.98 Å². The second kappa shape index (κ2) is 5.44. The van der Waals surface area contributed by atoms with Crippen LogP contribution < -0.4 is 0 Å². The minimum Gasteiger partial charge on any atom is -0.481 e. The highest BCUT2D eigenvalue weighted by atomic mass is 16.5. The lowest BCUT2D eigenvalue weighted by Crippen LogP contribution is -1.99. The quantitative estimate of drug-likeness (QED) is 0.873. The first-order valence-electron chi connectivity index (χ1n) is 5.72. The first-order valence-corrected chi connectivity index (χ1v) is 5.72. The molecule has 1 N–H and O–H groups in total. The third kappa shape index (κ3) is 3.41. The SMILES string of the molecule is Cc1cccc(Cc2nc(CCC(=O)O)no2)c1. The molecule has 2 aromatic rings. The standard InChI is InChI=1S/C13H14N2O3/c1-9-3-2-4-10(7-9)8-12-14-11(15-18-12)5-6-13(16)17/h2-4,7H,5-6,8H2,1H3,(H,16,17). The molecule has 18 heavy (non-hydrogen) atoms. The molecule has 0 spiro atoms. The van der Waals surface area contributed by atoms with Crippen molar-refractivity contribution < 1.29 is 14.4 Å². The van der Waals surface area contributed by atoms with Gasteiger partial charge < -0.3 is 9.63 Å². The van der Waals surface area contributed by atoms with Gasteiger partial charge in [-0.05, 0) is 12.5 Å². The highest BCUT2D eigenvalue weighted by Gasteiger charge is 2.08. The Labute approximate surface area is 104 Å². The average Bonchev–Trinajstić information content (AvgIpc) is 2.74. The molecule has 5 nitrogen and oxygen atoms in total. The molecule has 1 aromatic heterocycles. The first kappa shape index (κ1) is 12.3. The molecule has 0 aliphatic heterocycles. The van der Waals surface area contributed by atoms with Gasteiger partial charge in [-0.3, -0.25) is 4.79 Å². The van der Waals surface area contributed by atoms with E-state index < -0.39 is 5.97 Å². The predicted molar refractivity (Wildman–Crippen MR) is 64.2 cm³/mol. The molecule has 1 aromatic carbocycles. The number of carboxylic acid groups (broad SMARTS) is 1. The van der Waals surface area contributed by atoms with Crippen molar-refractivity contribution >= 4 is 5.97 Å². The third-order valence-electron chi connectivity index (χ3n) is 2.51. The van der Waals surface area contributed by atoms with Crippen molar-refractivity contribution in [1.29, 1.82) is 0 Å². The van der Waals surface area contributed by atoms with E-state index in [0.29, 0.717) is 24.6 Å². The smallest absolute Gasteiger partial charge is 0.303 e.